The van der Waals surface area contributed by atoms with Gasteiger partial charge in [0.1, 0.15) is 0 Å². The normalized spacial score (nSPS) is 9.30. The molecule has 0 aliphatic heterocycles. The molecule has 0 fully saturated rings. The highest BCUT2D eigenvalue weighted by molar-refractivity contribution is 14.1. The highest BCUT2D eigenvalue weighted by atomic mass is 127. The molecule has 0 bridgehead atoms. The predicted octanol–water partition coefficient (Wildman–Crippen LogP) is 0.779. The quantitative estimate of drug-likeness (QED) is 0.590. The van der Waals surface area contributed by atoms with Gasteiger partial charge in [-0.05, 0) is 0 Å². The van der Waals surface area contributed by atoms with Crippen molar-refractivity contribution in [2.24, 2.45) is 0 Å². The van der Waals surface area contributed by atoms with Gasteiger partial charge in [-0.25, -0.2) is 14.8 Å². The largest absolute Gasteiger partial charge is 0.478 e. The lowest BCUT2D eigenvalue weighted by Gasteiger charge is -1.90. The second kappa shape index (κ2) is 2.91. The third-order valence-corrected chi connectivity index (χ3v) is 1.42. The van der Waals surface area contributed by atoms with E-state index in [-0.39, 0.29) is 5.56 Å². The first-order valence-electron chi connectivity index (χ1n) is 2.41. The van der Waals surface area contributed by atoms with Gasteiger partial charge in [0.15, 0.2) is 3.83 Å². The molecule has 0 spiro atoms. The first-order chi connectivity index (χ1) is 4.70. The topological polar surface area (TPSA) is 63.1 Å². The first-order valence-corrected chi connectivity index (χ1v) is 3.49. The Morgan fingerprint density at radius 3 is 2.40 bits per heavy atom. The van der Waals surface area contributed by atoms with Crippen molar-refractivity contribution >= 4 is 28.6 Å². The molecule has 1 N–H and O–H groups in total. The van der Waals surface area contributed by atoms with Gasteiger partial charge in [-0.2, -0.15) is 0 Å². The fraction of sp³-hybridized carbons (Fsp3) is 0. The molecule has 0 aromatic carbocycles. The molecular formula is C5H3IN2O2. The minimum atomic E-state index is -1.00. The first kappa shape index (κ1) is 7.39. The molecule has 1 aromatic heterocycles. The maximum atomic E-state index is 10.2. The zero-order valence-electron chi connectivity index (χ0n) is 4.78. The zero-order valence-corrected chi connectivity index (χ0v) is 6.94. The number of aromatic nitrogens is 2. The lowest BCUT2D eigenvalue weighted by molar-refractivity contribution is 0.0696. The molecule has 0 aliphatic carbocycles. The molecule has 0 aliphatic rings. The van der Waals surface area contributed by atoms with E-state index < -0.39 is 5.97 Å². The summed E-state index contributed by atoms with van der Waals surface area (Å²) in [5.74, 6) is -1.00. The maximum Gasteiger partial charge on any atom is 0.338 e. The van der Waals surface area contributed by atoms with Gasteiger partial charge in [0.05, 0.1) is 5.56 Å². The van der Waals surface area contributed by atoms with Crippen LogP contribution in [-0.2, 0) is 0 Å². The van der Waals surface area contributed by atoms with Gasteiger partial charge in [-0.15, -0.1) is 0 Å². The van der Waals surface area contributed by atoms with E-state index in [2.05, 4.69) is 9.97 Å². The number of carboxylic acid groups (broad SMARTS) is 1. The van der Waals surface area contributed by atoms with Crippen LogP contribution in [0.3, 0.4) is 0 Å². The van der Waals surface area contributed by atoms with E-state index in [4.69, 9.17) is 5.11 Å². The molecule has 0 saturated carbocycles. The number of rotatable bonds is 1. The molecule has 5 heteroatoms. The zero-order chi connectivity index (χ0) is 7.56. The summed E-state index contributed by atoms with van der Waals surface area (Å²) in [6.07, 6.45) is 2.55. The van der Waals surface area contributed by atoms with Crippen LogP contribution < -0.4 is 0 Å². The minimum Gasteiger partial charge on any atom is -0.478 e. The van der Waals surface area contributed by atoms with E-state index >= 15 is 0 Å². The Hall–Kier alpha value is -0.720. The van der Waals surface area contributed by atoms with Crippen molar-refractivity contribution < 1.29 is 9.90 Å². The number of carbonyl (C=O) groups is 1. The van der Waals surface area contributed by atoms with E-state index in [0.29, 0.717) is 3.83 Å². The van der Waals surface area contributed by atoms with Gasteiger partial charge in [0.25, 0.3) is 0 Å². The average Bonchev–Trinajstić information content (AvgIpc) is 1.88. The SMILES string of the molecule is O=C(O)c1cnc(I)nc1. The van der Waals surface area contributed by atoms with E-state index in [1.807, 2.05) is 22.6 Å². The fourth-order valence-electron chi connectivity index (χ4n) is 0.423. The summed E-state index contributed by atoms with van der Waals surface area (Å²) in [6.45, 7) is 0. The Morgan fingerprint density at radius 1 is 1.50 bits per heavy atom. The number of halogens is 1. The van der Waals surface area contributed by atoms with E-state index in [1.54, 1.807) is 0 Å². The van der Waals surface area contributed by atoms with Crippen LogP contribution >= 0.6 is 22.6 Å². The van der Waals surface area contributed by atoms with Crippen LogP contribution in [0.15, 0.2) is 12.4 Å². The summed E-state index contributed by atoms with van der Waals surface area (Å²) >= 11 is 1.90. The standard InChI is InChI=1S/C5H3IN2O2/c6-5-7-1-3(2-8-5)4(9)10/h1-2H,(H,9,10). The summed E-state index contributed by atoms with van der Waals surface area (Å²) in [5.41, 5.74) is 0.111. The van der Waals surface area contributed by atoms with Gasteiger partial charge in [-0.1, -0.05) is 0 Å². The molecule has 1 heterocycles. The Bertz CT molecular complexity index is 246. The monoisotopic (exact) mass is 250 g/mol. The van der Waals surface area contributed by atoms with Crippen LogP contribution in [0.5, 0.6) is 0 Å². The number of aromatic carboxylic acids is 1. The second-order valence-electron chi connectivity index (χ2n) is 1.55. The molecule has 4 nitrogen and oxygen atoms in total. The van der Waals surface area contributed by atoms with Crippen LogP contribution in [0.2, 0.25) is 0 Å². The summed E-state index contributed by atoms with van der Waals surface area (Å²) < 4.78 is 0.544. The molecule has 0 radical (unpaired) electrons. The minimum absolute atomic E-state index is 0.111. The van der Waals surface area contributed by atoms with Gasteiger partial charge in [-0.3, -0.25) is 0 Å². The van der Waals surface area contributed by atoms with Crippen molar-refractivity contribution in [2.45, 2.75) is 0 Å². The van der Waals surface area contributed by atoms with Crippen LogP contribution in [0.25, 0.3) is 0 Å². The average molecular weight is 250 g/mol. The predicted molar refractivity (Wildman–Crippen MR) is 41.7 cm³/mol. The van der Waals surface area contributed by atoms with Gasteiger partial charge >= 0.3 is 5.97 Å². The molecule has 52 valence electrons. The summed E-state index contributed by atoms with van der Waals surface area (Å²) in [7, 11) is 0. The van der Waals surface area contributed by atoms with Gasteiger partial charge in [0, 0.05) is 35.0 Å². The number of carboxylic acids is 1. The second-order valence-corrected chi connectivity index (χ2v) is 2.51. The van der Waals surface area contributed by atoms with Crippen LogP contribution in [0.4, 0.5) is 0 Å². The van der Waals surface area contributed by atoms with Crippen molar-refractivity contribution in [3.8, 4) is 0 Å². The van der Waals surface area contributed by atoms with Gasteiger partial charge in [0.2, 0.25) is 0 Å². The number of nitrogens with zero attached hydrogens (tertiary/aromatic N) is 2. The Labute approximate surface area is 70.5 Å². The Kier molecular flexibility index (Phi) is 2.15. The molecule has 0 saturated heterocycles. The third kappa shape index (κ3) is 1.63. The van der Waals surface area contributed by atoms with Crippen molar-refractivity contribution in [1.82, 2.24) is 9.97 Å². The lowest BCUT2D eigenvalue weighted by Crippen LogP contribution is -1.98. The van der Waals surface area contributed by atoms with Crippen LogP contribution in [0, 0.1) is 3.83 Å². The molecule has 1 aromatic rings. The molecular weight excluding hydrogens is 247 g/mol. The van der Waals surface area contributed by atoms with E-state index in [9.17, 15) is 4.79 Å². The summed E-state index contributed by atoms with van der Waals surface area (Å²) in [6, 6.07) is 0. The molecule has 0 amide bonds. The number of hydrogen-bond donors (Lipinski definition) is 1. The number of hydrogen-bond acceptors (Lipinski definition) is 3. The Morgan fingerprint density at radius 2 is 2.00 bits per heavy atom. The molecule has 0 atom stereocenters. The third-order valence-electron chi connectivity index (χ3n) is 0.867. The van der Waals surface area contributed by atoms with E-state index in [1.165, 1.54) is 12.4 Å². The van der Waals surface area contributed by atoms with Crippen molar-refractivity contribution in [1.29, 1.82) is 0 Å². The van der Waals surface area contributed by atoms with Crippen molar-refractivity contribution in [3.05, 3.63) is 21.8 Å². The van der Waals surface area contributed by atoms with Crippen LogP contribution in [0.1, 0.15) is 10.4 Å². The smallest absolute Gasteiger partial charge is 0.338 e. The van der Waals surface area contributed by atoms with Gasteiger partial charge < -0.3 is 5.11 Å². The van der Waals surface area contributed by atoms with Crippen LogP contribution in [-0.4, -0.2) is 21.0 Å². The van der Waals surface area contributed by atoms with Crippen molar-refractivity contribution in [3.63, 3.8) is 0 Å². The highest BCUT2D eigenvalue weighted by Gasteiger charge is 2.01. The lowest BCUT2D eigenvalue weighted by atomic mass is 10.4. The highest BCUT2D eigenvalue weighted by Crippen LogP contribution is 1.97. The maximum absolute atomic E-state index is 10.2. The Balaban J connectivity index is 3.00. The molecule has 0 unspecified atom stereocenters. The molecule has 10 heavy (non-hydrogen) atoms. The fourth-order valence-corrected chi connectivity index (χ4v) is 0.701. The molecule has 1 rings (SSSR count). The van der Waals surface area contributed by atoms with Crippen molar-refractivity contribution in [2.75, 3.05) is 0 Å². The summed E-state index contributed by atoms with van der Waals surface area (Å²) in [5, 5.41) is 8.39. The summed E-state index contributed by atoms with van der Waals surface area (Å²) in [4.78, 5) is 17.6. The van der Waals surface area contributed by atoms with E-state index in [0.717, 1.165) is 0 Å².